The lowest BCUT2D eigenvalue weighted by Crippen LogP contribution is -2.27. The molecule has 3 N–H and O–H groups in total. The van der Waals surface area contributed by atoms with Gasteiger partial charge in [-0.05, 0) is 30.7 Å². The average Bonchev–Trinajstić information content (AvgIpc) is 2.55. The molecule has 0 bridgehead atoms. The van der Waals surface area contributed by atoms with Crippen molar-refractivity contribution in [2.75, 3.05) is 0 Å². The van der Waals surface area contributed by atoms with Crippen LogP contribution in [0.1, 0.15) is 49.6 Å². The van der Waals surface area contributed by atoms with Gasteiger partial charge in [-0.3, -0.25) is 4.79 Å². The Bertz CT molecular complexity index is 723. The molecule has 0 spiro atoms. The van der Waals surface area contributed by atoms with Gasteiger partial charge in [0.25, 0.3) is 5.91 Å². The number of hydrogen-bond donors (Lipinski definition) is 3. The third-order valence-electron chi connectivity index (χ3n) is 3.34. The second kappa shape index (κ2) is 6.74. The minimum Gasteiger partial charge on any atom is -0.478 e. The molecule has 6 nitrogen and oxygen atoms in total. The molecule has 0 aromatic heterocycles. The van der Waals surface area contributed by atoms with Crippen LogP contribution in [0.2, 0.25) is 0 Å². The van der Waals surface area contributed by atoms with Gasteiger partial charge in [0.15, 0.2) is 0 Å². The van der Waals surface area contributed by atoms with Crippen molar-refractivity contribution in [2.45, 2.75) is 13.0 Å². The van der Waals surface area contributed by atoms with Gasteiger partial charge in [0, 0.05) is 5.56 Å². The summed E-state index contributed by atoms with van der Waals surface area (Å²) < 4.78 is 0. The van der Waals surface area contributed by atoms with Gasteiger partial charge >= 0.3 is 11.9 Å². The first-order chi connectivity index (χ1) is 10.9. The number of rotatable bonds is 5. The van der Waals surface area contributed by atoms with Crippen molar-refractivity contribution in [3.8, 4) is 0 Å². The average molecular weight is 313 g/mol. The summed E-state index contributed by atoms with van der Waals surface area (Å²) in [5.74, 6) is -3.12. The molecule has 6 heteroatoms. The van der Waals surface area contributed by atoms with Gasteiger partial charge in [-0.2, -0.15) is 0 Å². The number of nitrogens with one attached hydrogen (secondary N) is 1. The first-order valence-electron chi connectivity index (χ1n) is 6.86. The number of hydrogen-bond acceptors (Lipinski definition) is 3. The Morgan fingerprint density at radius 1 is 0.870 bits per heavy atom. The smallest absolute Gasteiger partial charge is 0.335 e. The number of amides is 1. The number of aromatic carboxylic acids is 2. The van der Waals surface area contributed by atoms with E-state index in [1.165, 1.54) is 0 Å². The van der Waals surface area contributed by atoms with Crippen molar-refractivity contribution in [3.63, 3.8) is 0 Å². The molecular formula is C17H15NO5. The van der Waals surface area contributed by atoms with Crippen LogP contribution in [0.5, 0.6) is 0 Å². The van der Waals surface area contributed by atoms with Crippen LogP contribution in [-0.2, 0) is 0 Å². The molecule has 0 radical (unpaired) electrons. The third-order valence-corrected chi connectivity index (χ3v) is 3.34. The van der Waals surface area contributed by atoms with E-state index in [1.54, 1.807) is 6.92 Å². The Kier molecular flexibility index (Phi) is 4.75. The first kappa shape index (κ1) is 16.2. The van der Waals surface area contributed by atoms with E-state index in [0.717, 1.165) is 23.8 Å². The third kappa shape index (κ3) is 3.94. The molecule has 1 unspecified atom stereocenters. The van der Waals surface area contributed by atoms with Crippen molar-refractivity contribution in [2.24, 2.45) is 0 Å². The Morgan fingerprint density at radius 2 is 1.35 bits per heavy atom. The second-order valence-electron chi connectivity index (χ2n) is 5.02. The fourth-order valence-corrected chi connectivity index (χ4v) is 2.11. The van der Waals surface area contributed by atoms with Crippen molar-refractivity contribution in [1.82, 2.24) is 5.32 Å². The fraction of sp³-hybridized carbons (Fsp3) is 0.118. The normalized spacial score (nSPS) is 11.5. The van der Waals surface area contributed by atoms with Gasteiger partial charge in [0.1, 0.15) is 0 Å². The van der Waals surface area contributed by atoms with Crippen LogP contribution in [0.25, 0.3) is 0 Å². The van der Waals surface area contributed by atoms with Crippen LogP contribution in [0, 0.1) is 0 Å². The predicted molar refractivity (Wildman–Crippen MR) is 82.7 cm³/mol. The molecule has 1 atom stereocenters. The Labute approximate surface area is 132 Å². The van der Waals surface area contributed by atoms with Crippen LogP contribution in [0.15, 0.2) is 48.5 Å². The molecule has 2 rings (SSSR count). The van der Waals surface area contributed by atoms with Crippen LogP contribution in [0.4, 0.5) is 0 Å². The zero-order valence-electron chi connectivity index (χ0n) is 12.3. The number of benzene rings is 2. The summed E-state index contributed by atoms with van der Waals surface area (Å²) >= 11 is 0. The quantitative estimate of drug-likeness (QED) is 0.787. The molecule has 0 fully saturated rings. The molecule has 0 heterocycles. The summed E-state index contributed by atoms with van der Waals surface area (Å²) in [5.41, 5.74) is 0.378. The number of carboxylic acids is 2. The summed E-state index contributed by atoms with van der Waals surface area (Å²) in [7, 11) is 0. The lowest BCUT2D eigenvalue weighted by Gasteiger charge is -2.14. The highest BCUT2D eigenvalue weighted by atomic mass is 16.4. The van der Waals surface area contributed by atoms with E-state index in [4.69, 9.17) is 10.2 Å². The zero-order valence-corrected chi connectivity index (χ0v) is 12.3. The van der Waals surface area contributed by atoms with Crippen molar-refractivity contribution in [1.29, 1.82) is 0 Å². The van der Waals surface area contributed by atoms with Crippen molar-refractivity contribution >= 4 is 17.8 Å². The molecule has 0 aliphatic heterocycles. The monoisotopic (exact) mass is 313 g/mol. The van der Waals surface area contributed by atoms with Gasteiger partial charge < -0.3 is 15.5 Å². The van der Waals surface area contributed by atoms with E-state index in [2.05, 4.69) is 5.32 Å². The van der Waals surface area contributed by atoms with Gasteiger partial charge in [-0.15, -0.1) is 0 Å². The first-order valence-corrected chi connectivity index (χ1v) is 6.86. The maximum Gasteiger partial charge on any atom is 0.335 e. The van der Waals surface area contributed by atoms with E-state index in [0.29, 0.717) is 0 Å². The van der Waals surface area contributed by atoms with Gasteiger partial charge in [0.2, 0.25) is 0 Å². The van der Waals surface area contributed by atoms with E-state index >= 15 is 0 Å². The summed E-state index contributed by atoms with van der Waals surface area (Å²) in [6, 6.07) is 12.3. The molecule has 0 saturated carbocycles. The Morgan fingerprint density at radius 3 is 1.83 bits per heavy atom. The molecular weight excluding hydrogens is 298 g/mol. The molecule has 2 aromatic rings. The van der Waals surface area contributed by atoms with Crippen molar-refractivity contribution < 1.29 is 24.6 Å². The van der Waals surface area contributed by atoms with Crippen LogP contribution in [0.3, 0.4) is 0 Å². The minimum absolute atomic E-state index is 0.00918. The highest BCUT2D eigenvalue weighted by Gasteiger charge is 2.17. The van der Waals surface area contributed by atoms with E-state index in [1.807, 2.05) is 30.3 Å². The van der Waals surface area contributed by atoms with E-state index in [-0.39, 0.29) is 22.7 Å². The minimum atomic E-state index is -1.29. The lowest BCUT2D eigenvalue weighted by atomic mass is 10.0. The van der Waals surface area contributed by atoms with Crippen molar-refractivity contribution in [3.05, 3.63) is 70.8 Å². The summed E-state index contributed by atoms with van der Waals surface area (Å²) in [6.45, 7) is 1.78. The molecule has 0 saturated heterocycles. The topological polar surface area (TPSA) is 104 Å². The highest BCUT2D eigenvalue weighted by Crippen LogP contribution is 2.15. The van der Waals surface area contributed by atoms with Crippen LogP contribution in [-0.4, -0.2) is 28.1 Å². The lowest BCUT2D eigenvalue weighted by molar-refractivity contribution is 0.0696. The van der Waals surface area contributed by atoms with E-state index in [9.17, 15) is 14.4 Å². The molecule has 118 valence electrons. The SMILES string of the molecule is CC(NC(=O)c1cc(C(=O)O)cc(C(=O)O)c1)c1ccccc1. The largest absolute Gasteiger partial charge is 0.478 e. The highest BCUT2D eigenvalue weighted by molar-refractivity contribution is 6.01. The maximum atomic E-state index is 12.3. The number of carbonyl (C=O) groups excluding carboxylic acids is 1. The zero-order chi connectivity index (χ0) is 17.0. The second-order valence-corrected chi connectivity index (χ2v) is 5.02. The summed E-state index contributed by atoms with van der Waals surface area (Å²) in [6.07, 6.45) is 0. The molecule has 1 amide bonds. The standard InChI is InChI=1S/C17H15NO5/c1-10(11-5-3-2-4-6-11)18-15(19)12-7-13(16(20)21)9-14(8-12)17(22)23/h2-10H,1H3,(H,18,19)(H,20,21)(H,22,23). The summed E-state index contributed by atoms with van der Waals surface area (Å²) in [4.78, 5) is 34.4. The predicted octanol–water partition coefficient (Wildman–Crippen LogP) is 2.57. The molecule has 0 aliphatic carbocycles. The fourth-order valence-electron chi connectivity index (χ4n) is 2.11. The van der Waals surface area contributed by atoms with E-state index < -0.39 is 17.8 Å². The molecule has 2 aromatic carbocycles. The Balaban J connectivity index is 2.28. The number of carboxylic acid groups (broad SMARTS) is 2. The Hall–Kier alpha value is -3.15. The van der Waals surface area contributed by atoms with Gasteiger partial charge in [0.05, 0.1) is 17.2 Å². The molecule has 23 heavy (non-hydrogen) atoms. The van der Waals surface area contributed by atoms with Gasteiger partial charge in [-0.25, -0.2) is 9.59 Å². The maximum absolute atomic E-state index is 12.3. The van der Waals surface area contributed by atoms with Crippen LogP contribution >= 0.6 is 0 Å². The number of carbonyl (C=O) groups is 3. The van der Waals surface area contributed by atoms with Crippen LogP contribution < -0.4 is 5.32 Å². The summed E-state index contributed by atoms with van der Waals surface area (Å²) in [5, 5.41) is 20.8. The van der Waals surface area contributed by atoms with Gasteiger partial charge in [-0.1, -0.05) is 30.3 Å². The molecule has 0 aliphatic rings.